The minimum atomic E-state index is -0.756. The number of hydrogen-bond donors (Lipinski definition) is 1. The highest BCUT2D eigenvalue weighted by Crippen LogP contribution is 2.22. The largest absolute Gasteiger partial charge is 0.452 e. The molecule has 1 amide bonds. The molecular formula is C14H8BrFN2O3S. The number of benzene rings is 1. The highest BCUT2D eigenvalue weighted by atomic mass is 79.9. The molecule has 22 heavy (non-hydrogen) atoms. The minimum absolute atomic E-state index is 0.114. The molecule has 0 fully saturated rings. The molecule has 8 heteroatoms. The average molecular weight is 383 g/mol. The van der Waals surface area contributed by atoms with E-state index in [0.29, 0.717) is 10.6 Å². The molecule has 0 saturated heterocycles. The van der Waals surface area contributed by atoms with E-state index in [2.05, 4.69) is 21.2 Å². The molecule has 112 valence electrons. The van der Waals surface area contributed by atoms with Crippen molar-refractivity contribution in [3.63, 3.8) is 0 Å². The fourth-order valence-corrected chi connectivity index (χ4v) is 2.79. The number of halogens is 2. The molecule has 1 N–H and O–H groups in total. The predicted molar refractivity (Wildman–Crippen MR) is 82.0 cm³/mol. The normalized spacial score (nSPS) is 9.86. The lowest BCUT2D eigenvalue weighted by atomic mass is 10.2. The summed E-state index contributed by atoms with van der Waals surface area (Å²) >= 11 is 4.24. The van der Waals surface area contributed by atoms with Crippen molar-refractivity contribution in [2.75, 3.05) is 11.9 Å². The van der Waals surface area contributed by atoms with Gasteiger partial charge in [0.1, 0.15) is 16.9 Å². The first-order valence-electron chi connectivity index (χ1n) is 5.91. The standard InChI is InChI=1S/C14H8BrFN2O3S/c15-11-5-9(16)1-2-10(11)14(20)21-7-12(19)18-13-8(6-17)3-4-22-13/h1-5H,7H2,(H,18,19). The second-order valence-electron chi connectivity index (χ2n) is 4.02. The molecule has 1 heterocycles. The number of nitriles is 1. The third-order valence-corrected chi connectivity index (χ3v) is 4.01. The highest BCUT2D eigenvalue weighted by Gasteiger charge is 2.15. The molecule has 0 spiro atoms. The van der Waals surface area contributed by atoms with Crippen LogP contribution in [0, 0.1) is 17.1 Å². The maximum atomic E-state index is 12.9. The van der Waals surface area contributed by atoms with Gasteiger partial charge in [-0.1, -0.05) is 0 Å². The molecule has 0 unspecified atom stereocenters. The lowest BCUT2D eigenvalue weighted by Crippen LogP contribution is -2.21. The fourth-order valence-electron chi connectivity index (χ4n) is 1.52. The van der Waals surface area contributed by atoms with E-state index in [1.54, 1.807) is 11.4 Å². The number of amides is 1. The van der Waals surface area contributed by atoms with Crippen LogP contribution in [0.15, 0.2) is 34.1 Å². The van der Waals surface area contributed by atoms with E-state index in [0.717, 1.165) is 12.1 Å². The molecule has 0 aliphatic heterocycles. The summed E-state index contributed by atoms with van der Waals surface area (Å²) in [6.45, 7) is -0.509. The van der Waals surface area contributed by atoms with Crippen molar-refractivity contribution >= 4 is 44.1 Å². The third-order valence-electron chi connectivity index (χ3n) is 2.52. The van der Waals surface area contributed by atoms with Crippen molar-refractivity contribution < 1.29 is 18.7 Å². The van der Waals surface area contributed by atoms with Crippen LogP contribution >= 0.6 is 27.3 Å². The molecule has 0 aliphatic rings. The molecular weight excluding hydrogens is 375 g/mol. The van der Waals surface area contributed by atoms with Crippen LogP contribution in [0.2, 0.25) is 0 Å². The summed E-state index contributed by atoms with van der Waals surface area (Å²) in [6, 6.07) is 7.00. The molecule has 0 radical (unpaired) electrons. The summed E-state index contributed by atoms with van der Waals surface area (Å²) in [4.78, 5) is 23.5. The summed E-state index contributed by atoms with van der Waals surface area (Å²) in [5.41, 5.74) is 0.453. The summed E-state index contributed by atoms with van der Waals surface area (Å²) in [5, 5.41) is 13.4. The maximum Gasteiger partial charge on any atom is 0.339 e. The monoisotopic (exact) mass is 382 g/mol. The van der Waals surface area contributed by atoms with Gasteiger partial charge in [0.15, 0.2) is 6.61 Å². The predicted octanol–water partition coefficient (Wildman–Crippen LogP) is 3.32. The Morgan fingerprint density at radius 2 is 2.18 bits per heavy atom. The van der Waals surface area contributed by atoms with Crippen molar-refractivity contribution in [3.05, 3.63) is 51.1 Å². The van der Waals surface area contributed by atoms with Crippen molar-refractivity contribution in [3.8, 4) is 6.07 Å². The van der Waals surface area contributed by atoms with Gasteiger partial charge in [0.05, 0.1) is 11.1 Å². The van der Waals surface area contributed by atoms with Gasteiger partial charge in [-0.05, 0) is 45.6 Å². The lowest BCUT2D eigenvalue weighted by Gasteiger charge is -2.07. The van der Waals surface area contributed by atoms with Crippen LogP contribution in [0.5, 0.6) is 0 Å². The second-order valence-corrected chi connectivity index (χ2v) is 5.79. The Balaban J connectivity index is 1.94. The Hall–Kier alpha value is -2.24. The number of nitrogens with zero attached hydrogens (tertiary/aromatic N) is 1. The van der Waals surface area contributed by atoms with Crippen LogP contribution in [0.4, 0.5) is 9.39 Å². The van der Waals surface area contributed by atoms with E-state index in [1.807, 2.05) is 6.07 Å². The number of ether oxygens (including phenoxy) is 1. The zero-order valence-corrected chi connectivity index (χ0v) is 13.3. The molecule has 1 aromatic heterocycles. The van der Waals surface area contributed by atoms with Crippen LogP contribution in [-0.2, 0) is 9.53 Å². The number of carbonyl (C=O) groups is 2. The number of anilines is 1. The Morgan fingerprint density at radius 1 is 1.41 bits per heavy atom. The second kappa shape index (κ2) is 7.15. The average Bonchev–Trinajstić information content (AvgIpc) is 2.92. The molecule has 0 aliphatic carbocycles. The van der Waals surface area contributed by atoms with Gasteiger partial charge < -0.3 is 10.1 Å². The molecule has 0 saturated carbocycles. The van der Waals surface area contributed by atoms with Gasteiger partial charge >= 0.3 is 5.97 Å². The first-order valence-corrected chi connectivity index (χ1v) is 7.58. The van der Waals surface area contributed by atoms with E-state index < -0.39 is 24.3 Å². The van der Waals surface area contributed by atoms with E-state index in [-0.39, 0.29) is 10.0 Å². The third kappa shape index (κ3) is 3.90. The van der Waals surface area contributed by atoms with Gasteiger partial charge in [-0.2, -0.15) is 5.26 Å². The molecule has 1 aromatic carbocycles. The van der Waals surface area contributed by atoms with Crippen molar-refractivity contribution in [2.45, 2.75) is 0 Å². The van der Waals surface area contributed by atoms with Gasteiger partial charge in [-0.15, -0.1) is 11.3 Å². The van der Waals surface area contributed by atoms with Crippen LogP contribution < -0.4 is 5.32 Å². The molecule has 5 nitrogen and oxygen atoms in total. The molecule has 2 rings (SSSR count). The van der Waals surface area contributed by atoms with Crippen molar-refractivity contribution in [1.82, 2.24) is 0 Å². The maximum absolute atomic E-state index is 12.9. The number of thiophene rings is 1. The number of nitrogens with one attached hydrogen (secondary N) is 1. The van der Waals surface area contributed by atoms with Gasteiger partial charge in [-0.3, -0.25) is 4.79 Å². The summed E-state index contributed by atoms with van der Waals surface area (Å²) in [6.07, 6.45) is 0. The lowest BCUT2D eigenvalue weighted by molar-refractivity contribution is -0.119. The Morgan fingerprint density at radius 3 is 2.86 bits per heavy atom. The topological polar surface area (TPSA) is 79.2 Å². The van der Waals surface area contributed by atoms with Gasteiger partial charge in [0, 0.05) is 4.47 Å². The molecule has 2 aromatic rings. The Labute approximate surface area is 137 Å². The molecule has 0 bridgehead atoms. The Kier molecular flexibility index (Phi) is 5.25. The van der Waals surface area contributed by atoms with E-state index in [4.69, 9.17) is 10.00 Å². The van der Waals surface area contributed by atoms with Crippen LogP contribution in [0.1, 0.15) is 15.9 Å². The van der Waals surface area contributed by atoms with Gasteiger partial charge in [-0.25, -0.2) is 9.18 Å². The first-order chi connectivity index (χ1) is 10.5. The number of hydrogen-bond acceptors (Lipinski definition) is 5. The van der Waals surface area contributed by atoms with Crippen LogP contribution in [0.3, 0.4) is 0 Å². The van der Waals surface area contributed by atoms with Crippen molar-refractivity contribution in [2.24, 2.45) is 0 Å². The van der Waals surface area contributed by atoms with Gasteiger partial charge in [0.2, 0.25) is 0 Å². The van der Waals surface area contributed by atoms with Crippen molar-refractivity contribution in [1.29, 1.82) is 5.26 Å². The molecule has 0 atom stereocenters. The van der Waals surface area contributed by atoms with Crippen LogP contribution in [-0.4, -0.2) is 18.5 Å². The first kappa shape index (κ1) is 16.1. The van der Waals surface area contributed by atoms with E-state index >= 15 is 0 Å². The van der Waals surface area contributed by atoms with E-state index in [9.17, 15) is 14.0 Å². The van der Waals surface area contributed by atoms with E-state index in [1.165, 1.54) is 17.4 Å². The quantitative estimate of drug-likeness (QED) is 0.822. The zero-order valence-electron chi connectivity index (χ0n) is 10.9. The summed E-state index contributed by atoms with van der Waals surface area (Å²) in [7, 11) is 0. The fraction of sp³-hybridized carbons (Fsp3) is 0.0714. The smallest absolute Gasteiger partial charge is 0.339 e. The summed E-state index contributed by atoms with van der Waals surface area (Å²) in [5.74, 6) is -1.82. The number of esters is 1. The Bertz CT molecular complexity index is 770. The SMILES string of the molecule is N#Cc1ccsc1NC(=O)COC(=O)c1ccc(F)cc1Br. The highest BCUT2D eigenvalue weighted by molar-refractivity contribution is 9.10. The number of carbonyl (C=O) groups excluding carboxylic acids is 2. The number of rotatable bonds is 4. The summed E-state index contributed by atoms with van der Waals surface area (Å²) < 4.78 is 18.0. The van der Waals surface area contributed by atoms with Gasteiger partial charge in [0.25, 0.3) is 5.91 Å². The minimum Gasteiger partial charge on any atom is -0.452 e. The zero-order chi connectivity index (χ0) is 16.1. The van der Waals surface area contributed by atoms with Crippen LogP contribution in [0.25, 0.3) is 0 Å².